The van der Waals surface area contributed by atoms with Crippen molar-refractivity contribution in [1.82, 2.24) is 5.32 Å². The Morgan fingerprint density at radius 2 is 2.12 bits per heavy atom. The van der Waals surface area contributed by atoms with Gasteiger partial charge in [0.05, 0.1) is 11.2 Å². The number of guanidine groups is 1. The van der Waals surface area contributed by atoms with Crippen LogP contribution in [-0.4, -0.2) is 11.5 Å². The van der Waals surface area contributed by atoms with Crippen LogP contribution in [0.5, 0.6) is 0 Å². The van der Waals surface area contributed by atoms with E-state index in [1.807, 2.05) is 27.0 Å². The molecule has 6 heteroatoms. The molecule has 0 atom stereocenters. The molecular formula is C11H13N5S. The third-order valence-electron chi connectivity index (χ3n) is 1.59. The molecule has 2 N–H and O–H groups in total. The topological polar surface area (TPSA) is 84.0 Å². The molecule has 0 bridgehead atoms. The highest BCUT2D eigenvalue weighted by Gasteiger charge is 2.10. The molecule has 1 aromatic heterocycles. The molecule has 88 valence electrons. The van der Waals surface area contributed by atoms with Crippen molar-refractivity contribution in [2.24, 2.45) is 4.99 Å². The lowest BCUT2D eigenvalue weighted by atomic mass is 10.1. The maximum atomic E-state index is 8.71. The van der Waals surface area contributed by atoms with Crippen LogP contribution in [0.15, 0.2) is 16.4 Å². The van der Waals surface area contributed by atoms with E-state index in [4.69, 9.17) is 10.5 Å². The van der Waals surface area contributed by atoms with Crippen molar-refractivity contribution < 1.29 is 0 Å². The van der Waals surface area contributed by atoms with Gasteiger partial charge in [-0.3, -0.25) is 5.32 Å². The van der Waals surface area contributed by atoms with E-state index < -0.39 is 0 Å². The first-order valence-corrected chi connectivity index (χ1v) is 5.83. The zero-order chi connectivity index (χ0) is 12.9. The Morgan fingerprint density at radius 1 is 1.41 bits per heavy atom. The molecule has 1 aromatic rings. The Kier molecular flexibility index (Phi) is 4.08. The highest BCUT2D eigenvalue weighted by molar-refractivity contribution is 7.11. The van der Waals surface area contributed by atoms with Crippen molar-refractivity contribution in [3.8, 4) is 12.3 Å². The predicted octanol–water partition coefficient (Wildman–Crippen LogP) is 2.26. The molecule has 0 aliphatic carbocycles. The Hall–Kier alpha value is -2.05. The van der Waals surface area contributed by atoms with E-state index in [0.29, 0.717) is 10.8 Å². The lowest BCUT2D eigenvalue weighted by Gasteiger charge is -2.15. The van der Waals surface area contributed by atoms with Crippen LogP contribution in [-0.2, 0) is 0 Å². The summed E-state index contributed by atoms with van der Waals surface area (Å²) in [5, 5.41) is 24.6. The molecule has 0 radical (unpaired) electrons. The fourth-order valence-corrected chi connectivity index (χ4v) is 1.70. The summed E-state index contributed by atoms with van der Waals surface area (Å²) in [5.74, 6) is 0.377. The van der Waals surface area contributed by atoms with E-state index in [1.165, 1.54) is 11.3 Å². The highest BCUT2D eigenvalue weighted by atomic mass is 32.1. The van der Waals surface area contributed by atoms with Crippen LogP contribution in [0, 0.1) is 22.8 Å². The smallest absolute Gasteiger partial charge is 0.209 e. The van der Waals surface area contributed by atoms with Gasteiger partial charge in [0.25, 0.3) is 0 Å². The van der Waals surface area contributed by atoms with E-state index in [0.717, 1.165) is 5.69 Å². The van der Waals surface area contributed by atoms with Gasteiger partial charge in [0.2, 0.25) is 5.96 Å². The second-order valence-electron chi connectivity index (χ2n) is 4.30. The molecule has 0 saturated carbocycles. The molecule has 0 fully saturated rings. The maximum absolute atomic E-state index is 8.71. The zero-order valence-corrected chi connectivity index (χ0v) is 10.7. The summed E-state index contributed by atoms with van der Waals surface area (Å²) in [6.07, 6.45) is 1.83. The SMILES string of the molecule is CC(C)(C)N=C(NC#N)Nc1csc(C#N)c1. The van der Waals surface area contributed by atoms with Crippen LogP contribution in [0.25, 0.3) is 0 Å². The fraction of sp³-hybridized carbons (Fsp3) is 0.364. The third-order valence-corrected chi connectivity index (χ3v) is 2.43. The van der Waals surface area contributed by atoms with E-state index in [2.05, 4.69) is 21.7 Å². The van der Waals surface area contributed by atoms with Crippen molar-refractivity contribution in [3.63, 3.8) is 0 Å². The Bertz CT molecular complexity index is 495. The number of nitrogens with zero attached hydrogens (tertiary/aromatic N) is 3. The van der Waals surface area contributed by atoms with Crippen LogP contribution >= 0.6 is 11.3 Å². The lowest BCUT2D eigenvalue weighted by Crippen LogP contribution is -2.30. The number of nitriles is 2. The van der Waals surface area contributed by atoms with Gasteiger partial charge in [-0.25, -0.2) is 4.99 Å². The number of thiophene rings is 1. The summed E-state index contributed by atoms with van der Waals surface area (Å²) in [6, 6.07) is 3.76. The van der Waals surface area contributed by atoms with E-state index in [1.54, 1.807) is 11.4 Å². The van der Waals surface area contributed by atoms with Crippen LogP contribution in [0.2, 0.25) is 0 Å². The summed E-state index contributed by atoms with van der Waals surface area (Å²) in [6.45, 7) is 5.80. The molecule has 0 unspecified atom stereocenters. The molecule has 0 aliphatic rings. The summed E-state index contributed by atoms with van der Waals surface area (Å²) >= 11 is 1.34. The average Bonchev–Trinajstić information content (AvgIpc) is 2.63. The van der Waals surface area contributed by atoms with E-state index in [9.17, 15) is 0 Å². The first-order chi connectivity index (χ1) is 7.94. The van der Waals surface area contributed by atoms with E-state index >= 15 is 0 Å². The van der Waals surface area contributed by atoms with Gasteiger partial charge in [0.1, 0.15) is 10.9 Å². The first kappa shape index (κ1) is 13.0. The molecule has 0 saturated heterocycles. The molecule has 5 nitrogen and oxygen atoms in total. The van der Waals surface area contributed by atoms with Gasteiger partial charge < -0.3 is 5.32 Å². The predicted molar refractivity (Wildman–Crippen MR) is 68.6 cm³/mol. The minimum absolute atomic E-state index is 0.291. The van der Waals surface area contributed by atoms with Crippen molar-refractivity contribution in [1.29, 1.82) is 10.5 Å². The number of anilines is 1. The second kappa shape index (κ2) is 5.33. The molecule has 0 spiro atoms. The highest BCUT2D eigenvalue weighted by Crippen LogP contribution is 2.18. The van der Waals surface area contributed by atoms with E-state index in [-0.39, 0.29) is 5.54 Å². The average molecular weight is 247 g/mol. The van der Waals surface area contributed by atoms with Gasteiger partial charge in [0, 0.05) is 5.38 Å². The normalized spacial score (nSPS) is 11.5. The Balaban J connectivity index is 2.85. The van der Waals surface area contributed by atoms with Gasteiger partial charge in [-0.15, -0.1) is 11.3 Å². The number of hydrogen-bond acceptors (Lipinski definition) is 4. The number of rotatable bonds is 1. The van der Waals surface area contributed by atoms with Gasteiger partial charge in [-0.2, -0.15) is 10.5 Å². The standard InChI is InChI=1S/C11H13N5S/c1-11(2,3)16-10(14-7-13)15-8-4-9(5-12)17-6-8/h4,6H,1-3H3,(H2,14,15,16). The summed E-state index contributed by atoms with van der Waals surface area (Å²) < 4.78 is 0. The van der Waals surface area contributed by atoms with Crippen molar-refractivity contribution in [2.45, 2.75) is 26.3 Å². The summed E-state index contributed by atoms with van der Waals surface area (Å²) in [5.41, 5.74) is 0.456. The lowest BCUT2D eigenvalue weighted by molar-refractivity contribution is 0.581. The van der Waals surface area contributed by atoms with Gasteiger partial charge >= 0.3 is 0 Å². The Labute approximate surface area is 104 Å². The largest absolute Gasteiger partial charge is 0.325 e. The quantitative estimate of drug-likeness (QED) is 0.345. The number of aliphatic imine (C=N–C) groups is 1. The van der Waals surface area contributed by atoms with Crippen LogP contribution in [0.4, 0.5) is 5.69 Å². The third kappa shape index (κ3) is 4.54. The zero-order valence-electron chi connectivity index (χ0n) is 9.90. The minimum Gasteiger partial charge on any atom is -0.325 e. The minimum atomic E-state index is -0.291. The Morgan fingerprint density at radius 3 is 2.59 bits per heavy atom. The number of nitrogens with one attached hydrogen (secondary N) is 2. The van der Waals surface area contributed by atoms with Crippen molar-refractivity contribution in [3.05, 3.63) is 16.3 Å². The fourth-order valence-electron chi connectivity index (χ4n) is 1.07. The molecule has 0 aromatic carbocycles. The second-order valence-corrected chi connectivity index (χ2v) is 5.22. The molecule has 0 aliphatic heterocycles. The van der Waals surface area contributed by atoms with Crippen molar-refractivity contribution >= 4 is 23.0 Å². The molecule has 0 amide bonds. The summed E-state index contributed by atoms with van der Waals surface area (Å²) in [4.78, 5) is 4.93. The van der Waals surface area contributed by atoms with Gasteiger partial charge in [-0.05, 0) is 26.8 Å². The van der Waals surface area contributed by atoms with Crippen molar-refractivity contribution in [2.75, 3.05) is 5.32 Å². The summed E-state index contributed by atoms with van der Waals surface area (Å²) in [7, 11) is 0. The molecule has 1 rings (SSSR count). The van der Waals surface area contributed by atoms with Crippen LogP contribution in [0.3, 0.4) is 0 Å². The van der Waals surface area contributed by atoms with Crippen LogP contribution in [0.1, 0.15) is 25.6 Å². The molecule has 1 heterocycles. The molecular weight excluding hydrogens is 234 g/mol. The number of hydrogen-bond donors (Lipinski definition) is 2. The monoisotopic (exact) mass is 247 g/mol. The van der Waals surface area contributed by atoms with Crippen LogP contribution < -0.4 is 10.6 Å². The maximum Gasteiger partial charge on any atom is 0.209 e. The molecule has 17 heavy (non-hydrogen) atoms. The van der Waals surface area contributed by atoms with Gasteiger partial charge in [0.15, 0.2) is 6.19 Å². The van der Waals surface area contributed by atoms with Gasteiger partial charge in [-0.1, -0.05) is 0 Å². The first-order valence-electron chi connectivity index (χ1n) is 4.95.